The Morgan fingerprint density at radius 1 is 0.667 bits per heavy atom. The van der Waals surface area contributed by atoms with Crippen molar-refractivity contribution in [1.82, 2.24) is 0 Å². The molecule has 2 heteroatoms. The molecule has 2 aromatic carbocycles. The second-order valence-electron chi connectivity index (χ2n) is 11.5. The van der Waals surface area contributed by atoms with Crippen molar-refractivity contribution in [3.05, 3.63) is 60.7 Å². The molecule has 0 bridgehead atoms. The first-order valence-corrected chi connectivity index (χ1v) is 18.4. The second-order valence-corrected chi connectivity index (χ2v) is 21.6. The summed E-state index contributed by atoms with van der Waals surface area (Å²) in [4.78, 5) is 0. The number of hydrogen-bond acceptors (Lipinski definition) is 0. The minimum atomic E-state index is -1.84. The zero-order valence-electron chi connectivity index (χ0n) is 19.7. The van der Waals surface area contributed by atoms with Gasteiger partial charge in [0.1, 0.15) is 8.07 Å². The summed E-state index contributed by atoms with van der Waals surface area (Å²) in [7, 11) is -2.84. The number of benzene rings is 2. The van der Waals surface area contributed by atoms with E-state index in [0.29, 0.717) is 0 Å². The maximum absolute atomic E-state index is 2.57. The zero-order chi connectivity index (χ0) is 21.2. The number of hydrogen-bond donors (Lipinski definition) is 0. The Kier molecular flexibility index (Phi) is 6.74. The topological polar surface area (TPSA) is 0 Å². The first-order valence-electron chi connectivity index (χ1n) is 12.5. The summed E-state index contributed by atoms with van der Waals surface area (Å²) < 4.78 is 0. The Balaban J connectivity index is 1.80. The van der Waals surface area contributed by atoms with Crippen molar-refractivity contribution in [1.29, 1.82) is 0 Å². The molecular weight excluding hydrogens is 392 g/mol. The van der Waals surface area contributed by atoms with Crippen LogP contribution in [0.5, 0.6) is 0 Å². The predicted molar refractivity (Wildman–Crippen MR) is 139 cm³/mol. The van der Waals surface area contributed by atoms with Gasteiger partial charge in [0, 0.05) is 8.07 Å². The molecule has 2 fully saturated rings. The Morgan fingerprint density at radius 3 is 1.57 bits per heavy atom. The van der Waals surface area contributed by atoms with E-state index in [-0.39, 0.29) is 0 Å². The lowest BCUT2D eigenvalue weighted by Gasteiger charge is -2.44. The van der Waals surface area contributed by atoms with E-state index in [2.05, 4.69) is 87.2 Å². The highest BCUT2D eigenvalue weighted by molar-refractivity contribution is 7.04. The minimum Gasteiger partial charge on any atom is -0.0695 e. The molecule has 4 atom stereocenters. The highest BCUT2D eigenvalue weighted by atomic mass is 28.3. The van der Waals surface area contributed by atoms with Gasteiger partial charge in [-0.05, 0) is 35.8 Å². The van der Waals surface area contributed by atoms with Gasteiger partial charge < -0.3 is 0 Å². The summed E-state index contributed by atoms with van der Waals surface area (Å²) in [6.45, 7) is 10.1. The standard InChI is InChI=1S/C28H42Si2/c1-5-23-16-18-27(20-23)30(25-12-8-6-9-13-25,26-14-10-7-11-15-26)28-19-17-24(21-28)22-29(2,3)4/h6-15,23-24,27-28H,5,16-22H2,1-4H3. The fourth-order valence-electron chi connectivity index (χ4n) is 7.27. The molecule has 4 rings (SSSR count). The van der Waals surface area contributed by atoms with Gasteiger partial charge in [-0.25, -0.2) is 0 Å². The van der Waals surface area contributed by atoms with Crippen molar-refractivity contribution in [2.24, 2.45) is 11.8 Å². The lowest BCUT2D eigenvalue weighted by Crippen LogP contribution is -2.64. The van der Waals surface area contributed by atoms with Crippen LogP contribution in [0.15, 0.2) is 60.7 Å². The molecule has 0 aliphatic heterocycles. The summed E-state index contributed by atoms with van der Waals surface area (Å²) in [5, 5.41) is 3.47. The van der Waals surface area contributed by atoms with Gasteiger partial charge in [-0.2, -0.15) is 0 Å². The van der Waals surface area contributed by atoms with Gasteiger partial charge >= 0.3 is 0 Å². The molecule has 4 unspecified atom stereocenters. The van der Waals surface area contributed by atoms with Crippen LogP contribution in [-0.2, 0) is 0 Å². The molecule has 2 aliphatic rings. The maximum Gasteiger partial charge on any atom is 0.124 e. The Bertz CT molecular complexity index is 753. The summed E-state index contributed by atoms with van der Waals surface area (Å²) in [5.74, 6) is 1.93. The van der Waals surface area contributed by atoms with Gasteiger partial charge in [0.15, 0.2) is 0 Å². The lowest BCUT2D eigenvalue weighted by atomic mass is 10.1. The van der Waals surface area contributed by atoms with Gasteiger partial charge in [-0.15, -0.1) is 0 Å². The van der Waals surface area contributed by atoms with E-state index in [1.54, 1.807) is 10.4 Å². The van der Waals surface area contributed by atoms with E-state index >= 15 is 0 Å². The van der Waals surface area contributed by atoms with E-state index in [4.69, 9.17) is 0 Å². The molecule has 0 nitrogen and oxygen atoms in total. The number of rotatable bonds is 7. The van der Waals surface area contributed by atoms with Crippen LogP contribution in [0.3, 0.4) is 0 Å². The van der Waals surface area contributed by atoms with Gasteiger partial charge in [0.25, 0.3) is 0 Å². The quantitative estimate of drug-likeness (QED) is 0.400. The van der Waals surface area contributed by atoms with Crippen LogP contribution >= 0.6 is 0 Å². The van der Waals surface area contributed by atoms with Crippen LogP contribution in [0.25, 0.3) is 0 Å². The molecule has 0 N–H and O–H groups in total. The molecule has 0 aromatic heterocycles. The third-order valence-electron chi connectivity index (χ3n) is 8.35. The average molecular weight is 435 g/mol. The third kappa shape index (κ3) is 4.41. The maximum atomic E-state index is 2.57. The van der Waals surface area contributed by atoms with E-state index in [9.17, 15) is 0 Å². The molecule has 162 valence electrons. The fourth-order valence-corrected chi connectivity index (χ4v) is 16.4. The average Bonchev–Trinajstić information content (AvgIpc) is 3.40. The highest BCUT2D eigenvalue weighted by Gasteiger charge is 2.53. The second kappa shape index (κ2) is 9.16. The van der Waals surface area contributed by atoms with Crippen molar-refractivity contribution in [2.45, 2.75) is 88.6 Å². The van der Waals surface area contributed by atoms with Crippen LogP contribution < -0.4 is 10.4 Å². The molecule has 30 heavy (non-hydrogen) atoms. The van der Waals surface area contributed by atoms with E-state index < -0.39 is 16.1 Å². The first kappa shape index (κ1) is 22.1. The Labute approximate surface area is 187 Å². The molecular formula is C28H42Si2. The Morgan fingerprint density at radius 2 is 1.13 bits per heavy atom. The van der Waals surface area contributed by atoms with Crippen LogP contribution in [0.2, 0.25) is 36.8 Å². The van der Waals surface area contributed by atoms with Gasteiger partial charge in [0.05, 0.1) is 0 Å². The van der Waals surface area contributed by atoms with Crippen molar-refractivity contribution >= 4 is 26.5 Å². The van der Waals surface area contributed by atoms with Crippen LogP contribution in [0.4, 0.5) is 0 Å². The monoisotopic (exact) mass is 434 g/mol. The minimum absolute atomic E-state index is 0.919. The molecule has 2 aromatic rings. The molecule has 0 amide bonds. The van der Waals surface area contributed by atoms with Crippen molar-refractivity contribution in [2.75, 3.05) is 0 Å². The van der Waals surface area contributed by atoms with Gasteiger partial charge in [-0.3, -0.25) is 0 Å². The summed E-state index contributed by atoms with van der Waals surface area (Å²) in [6, 6.07) is 25.3. The first-order chi connectivity index (χ1) is 14.4. The summed E-state index contributed by atoms with van der Waals surface area (Å²) >= 11 is 0. The predicted octanol–water partition coefficient (Wildman–Crippen LogP) is 7.34. The molecule has 2 saturated carbocycles. The van der Waals surface area contributed by atoms with Crippen LogP contribution in [0.1, 0.15) is 51.9 Å². The van der Waals surface area contributed by atoms with Crippen LogP contribution in [-0.4, -0.2) is 16.1 Å². The van der Waals surface area contributed by atoms with E-state index in [1.807, 2.05) is 0 Å². The van der Waals surface area contributed by atoms with Gasteiger partial charge in [-0.1, -0.05) is 136 Å². The molecule has 0 saturated heterocycles. The van der Waals surface area contributed by atoms with E-state index in [1.165, 1.54) is 51.0 Å². The molecule has 0 heterocycles. The summed E-state index contributed by atoms with van der Waals surface area (Å²) in [6.07, 6.45) is 10.2. The SMILES string of the molecule is CCC1CCC([Si](c2ccccc2)(c2ccccc2)C2CCC(C[Si](C)(C)C)C2)C1. The van der Waals surface area contributed by atoms with Crippen molar-refractivity contribution in [3.63, 3.8) is 0 Å². The van der Waals surface area contributed by atoms with Gasteiger partial charge in [0.2, 0.25) is 0 Å². The smallest absolute Gasteiger partial charge is 0.0695 e. The zero-order valence-corrected chi connectivity index (χ0v) is 21.7. The fraction of sp³-hybridized carbons (Fsp3) is 0.571. The molecule has 0 radical (unpaired) electrons. The van der Waals surface area contributed by atoms with Crippen molar-refractivity contribution < 1.29 is 0 Å². The summed E-state index contributed by atoms with van der Waals surface area (Å²) in [5.41, 5.74) is 1.84. The van der Waals surface area contributed by atoms with E-state index in [0.717, 1.165) is 22.9 Å². The molecule has 2 aliphatic carbocycles. The molecule has 0 spiro atoms. The Hall–Kier alpha value is -1.13. The van der Waals surface area contributed by atoms with Crippen molar-refractivity contribution in [3.8, 4) is 0 Å². The lowest BCUT2D eigenvalue weighted by molar-refractivity contribution is 0.528. The largest absolute Gasteiger partial charge is 0.124 e. The third-order valence-corrected chi connectivity index (χ3v) is 16.4. The van der Waals surface area contributed by atoms with Crippen LogP contribution in [0, 0.1) is 11.8 Å². The normalized spacial score (nSPS) is 27.5. The highest BCUT2D eigenvalue weighted by Crippen LogP contribution is 2.53.